The number of hydrogen-bond acceptors (Lipinski definition) is 9. The summed E-state index contributed by atoms with van der Waals surface area (Å²) in [7, 11) is 4.50. The number of carbonyl (C=O) groups is 4. The third-order valence-electron chi connectivity index (χ3n) is 6.17. The predicted molar refractivity (Wildman–Crippen MR) is 140 cm³/mol. The zero-order valence-corrected chi connectivity index (χ0v) is 21.7. The van der Waals surface area contributed by atoms with Crippen molar-refractivity contribution in [1.29, 1.82) is 0 Å². The molecule has 0 radical (unpaired) electrons. The summed E-state index contributed by atoms with van der Waals surface area (Å²) in [6.07, 6.45) is -0.0461. The molecule has 10 nitrogen and oxygen atoms in total. The molecule has 0 bridgehead atoms. The number of ketones is 1. The van der Waals surface area contributed by atoms with E-state index in [1.165, 1.54) is 50.5 Å². The molecule has 0 saturated carbocycles. The van der Waals surface area contributed by atoms with Gasteiger partial charge in [-0.25, -0.2) is 4.79 Å². The van der Waals surface area contributed by atoms with Gasteiger partial charge in [0.2, 0.25) is 5.91 Å². The van der Waals surface area contributed by atoms with E-state index >= 15 is 0 Å². The Morgan fingerprint density at radius 2 is 1.51 bits per heavy atom. The number of carbonyl (C=O) groups excluding carboxylic acids is 4. The summed E-state index contributed by atoms with van der Waals surface area (Å²) in [5.74, 6) is -0.868. The number of ether oxygens (including phenoxy) is 5. The van der Waals surface area contributed by atoms with Crippen LogP contribution in [-0.2, 0) is 14.3 Å². The number of esters is 2. The van der Waals surface area contributed by atoms with E-state index < -0.39 is 30.2 Å². The highest BCUT2D eigenvalue weighted by Crippen LogP contribution is 2.36. The van der Waals surface area contributed by atoms with Crippen molar-refractivity contribution in [2.45, 2.75) is 6.42 Å². The van der Waals surface area contributed by atoms with Gasteiger partial charge in [-0.15, -0.1) is 0 Å². The molecular formula is C29H27NO9. The Balaban J connectivity index is 1.31. The Morgan fingerprint density at radius 1 is 0.821 bits per heavy atom. The normalized spacial score (nSPS) is 14.5. The molecule has 0 aromatic heterocycles. The Kier molecular flexibility index (Phi) is 8.45. The highest BCUT2D eigenvalue weighted by Gasteiger charge is 2.37. The van der Waals surface area contributed by atoms with E-state index in [9.17, 15) is 19.2 Å². The molecule has 202 valence electrons. The summed E-state index contributed by atoms with van der Waals surface area (Å²) in [5.41, 5.74) is 1.11. The lowest BCUT2D eigenvalue weighted by molar-refractivity contribution is -0.147. The van der Waals surface area contributed by atoms with Crippen LogP contribution in [0.2, 0.25) is 0 Å². The van der Waals surface area contributed by atoms with Gasteiger partial charge < -0.3 is 28.6 Å². The fraction of sp³-hybridized carbons (Fsp3) is 0.241. The average molecular weight is 534 g/mol. The first-order valence-electron chi connectivity index (χ1n) is 12.0. The van der Waals surface area contributed by atoms with Gasteiger partial charge in [0.25, 0.3) is 0 Å². The summed E-state index contributed by atoms with van der Waals surface area (Å²) in [5, 5.41) is 0. The predicted octanol–water partition coefficient (Wildman–Crippen LogP) is 3.71. The summed E-state index contributed by atoms with van der Waals surface area (Å²) in [4.78, 5) is 51.7. The summed E-state index contributed by atoms with van der Waals surface area (Å²) in [6.45, 7) is -0.389. The molecule has 39 heavy (non-hydrogen) atoms. The number of nitrogens with zero attached hydrogens (tertiary/aromatic N) is 1. The maximum atomic E-state index is 12.6. The van der Waals surface area contributed by atoms with Crippen LogP contribution in [0.5, 0.6) is 23.0 Å². The van der Waals surface area contributed by atoms with Crippen molar-refractivity contribution >= 4 is 29.3 Å². The average Bonchev–Trinajstić information content (AvgIpc) is 3.36. The van der Waals surface area contributed by atoms with Gasteiger partial charge in [-0.1, -0.05) is 6.07 Å². The highest BCUT2D eigenvalue weighted by atomic mass is 16.5. The Labute approximate surface area is 225 Å². The zero-order chi connectivity index (χ0) is 27.9. The van der Waals surface area contributed by atoms with Gasteiger partial charge in [0.1, 0.15) is 23.0 Å². The minimum absolute atomic E-state index is 0.0461. The Hall–Kier alpha value is -4.86. The van der Waals surface area contributed by atoms with Gasteiger partial charge in [-0.2, -0.15) is 0 Å². The molecule has 1 saturated heterocycles. The molecule has 0 unspecified atom stereocenters. The van der Waals surface area contributed by atoms with Crippen LogP contribution in [0.3, 0.4) is 0 Å². The number of amides is 1. The van der Waals surface area contributed by atoms with Gasteiger partial charge in [0, 0.05) is 24.6 Å². The number of hydrogen-bond donors (Lipinski definition) is 0. The molecule has 0 N–H and O–H groups in total. The molecule has 0 aliphatic carbocycles. The molecule has 1 fully saturated rings. The minimum atomic E-state index is -0.726. The van der Waals surface area contributed by atoms with Crippen molar-refractivity contribution in [2.75, 3.05) is 39.4 Å². The fourth-order valence-electron chi connectivity index (χ4n) is 4.07. The number of Topliss-reactive ketones (excluding diaryl/α,β-unsaturated/α-hetero) is 1. The molecular weight excluding hydrogens is 506 g/mol. The maximum absolute atomic E-state index is 12.6. The van der Waals surface area contributed by atoms with Crippen LogP contribution in [-0.4, -0.2) is 58.1 Å². The SMILES string of the molecule is COc1cccc(C(=O)Oc2ccc(C(=O)COC(=O)[C@@H]3CC(=O)N(c4ccc(OC)cc4OC)C3)cc2)c1. The molecule has 0 spiro atoms. The van der Waals surface area contributed by atoms with Crippen LogP contribution in [0.25, 0.3) is 0 Å². The fourth-order valence-corrected chi connectivity index (χ4v) is 4.07. The van der Waals surface area contributed by atoms with E-state index in [1.807, 2.05) is 0 Å². The molecule has 3 aromatic rings. The van der Waals surface area contributed by atoms with Gasteiger partial charge >= 0.3 is 11.9 Å². The summed E-state index contributed by atoms with van der Waals surface area (Å²) >= 11 is 0. The first-order valence-corrected chi connectivity index (χ1v) is 12.0. The first-order chi connectivity index (χ1) is 18.8. The summed E-state index contributed by atoms with van der Waals surface area (Å²) in [6, 6.07) is 17.5. The molecule has 4 rings (SSSR count). The Bertz CT molecular complexity index is 1380. The standard InChI is InChI=1S/C29H27NO9/c1-35-22-6-4-5-19(13-22)29(34)39-21-9-7-18(8-10-21)25(31)17-38-28(33)20-14-27(32)30(16-20)24-12-11-23(36-2)15-26(24)37-3/h4-13,15,20H,14,16-17H2,1-3H3/t20-/m1/s1. The van der Waals surface area contributed by atoms with Gasteiger partial charge in [0.05, 0.1) is 38.5 Å². The van der Waals surface area contributed by atoms with Crippen molar-refractivity contribution in [3.63, 3.8) is 0 Å². The zero-order valence-electron chi connectivity index (χ0n) is 21.7. The second-order valence-corrected chi connectivity index (χ2v) is 8.62. The van der Waals surface area contributed by atoms with E-state index in [2.05, 4.69) is 0 Å². The van der Waals surface area contributed by atoms with E-state index in [0.717, 1.165) is 0 Å². The van der Waals surface area contributed by atoms with Crippen LogP contribution in [0, 0.1) is 5.92 Å². The van der Waals surface area contributed by atoms with Gasteiger partial charge in [-0.3, -0.25) is 14.4 Å². The minimum Gasteiger partial charge on any atom is -0.497 e. The lowest BCUT2D eigenvalue weighted by atomic mass is 10.1. The van der Waals surface area contributed by atoms with Crippen molar-refractivity contribution in [3.05, 3.63) is 77.9 Å². The topological polar surface area (TPSA) is 118 Å². The largest absolute Gasteiger partial charge is 0.497 e. The van der Waals surface area contributed by atoms with E-state index in [4.69, 9.17) is 23.7 Å². The lowest BCUT2D eigenvalue weighted by Gasteiger charge is -2.20. The second kappa shape index (κ2) is 12.1. The van der Waals surface area contributed by atoms with E-state index in [1.54, 1.807) is 42.5 Å². The molecule has 1 amide bonds. The van der Waals surface area contributed by atoms with E-state index in [-0.39, 0.29) is 30.2 Å². The smallest absolute Gasteiger partial charge is 0.343 e. The monoisotopic (exact) mass is 533 g/mol. The van der Waals surface area contributed by atoms with Gasteiger partial charge in [0.15, 0.2) is 12.4 Å². The lowest BCUT2D eigenvalue weighted by Crippen LogP contribution is -2.27. The van der Waals surface area contributed by atoms with Crippen molar-refractivity contribution in [1.82, 2.24) is 0 Å². The number of benzene rings is 3. The summed E-state index contributed by atoms with van der Waals surface area (Å²) < 4.78 is 26.2. The first kappa shape index (κ1) is 27.2. The van der Waals surface area contributed by atoms with Gasteiger partial charge in [-0.05, 0) is 54.6 Å². The van der Waals surface area contributed by atoms with Crippen LogP contribution in [0.4, 0.5) is 5.69 Å². The van der Waals surface area contributed by atoms with Crippen LogP contribution in [0.15, 0.2) is 66.7 Å². The second-order valence-electron chi connectivity index (χ2n) is 8.62. The molecule has 1 aliphatic heterocycles. The Morgan fingerprint density at radius 3 is 2.21 bits per heavy atom. The van der Waals surface area contributed by atoms with Crippen LogP contribution >= 0.6 is 0 Å². The maximum Gasteiger partial charge on any atom is 0.343 e. The van der Waals surface area contributed by atoms with Crippen molar-refractivity contribution in [3.8, 4) is 23.0 Å². The number of methoxy groups -OCH3 is 3. The molecule has 1 aliphatic rings. The number of anilines is 1. The van der Waals surface area contributed by atoms with Crippen molar-refractivity contribution < 1.29 is 42.9 Å². The molecule has 1 atom stereocenters. The van der Waals surface area contributed by atoms with E-state index in [0.29, 0.717) is 28.5 Å². The van der Waals surface area contributed by atoms with Crippen molar-refractivity contribution in [2.24, 2.45) is 5.92 Å². The molecule has 1 heterocycles. The number of rotatable bonds is 10. The third kappa shape index (κ3) is 6.35. The quantitative estimate of drug-likeness (QED) is 0.218. The van der Waals surface area contributed by atoms with Crippen LogP contribution in [0.1, 0.15) is 27.1 Å². The molecule has 3 aromatic carbocycles. The van der Waals surface area contributed by atoms with Crippen LogP contribution < -0.4 is 23.8 Å². The molecule has 10 heteroatoms. The third-order valence-corrected chi connectivity index (χ3v) is 6.17. The highest BCUT2D eigenvalue weighted by molar-refractivity contribution is 6.02.